The van der Waals surface area contributed by atoms with Gasteiger partial charge < -0.3 is 4.42 Å². The predicted molar refractivity (Wildman–Crippen MR) is 91.4 cm³/mol. The number of sulfonamides is 1. The summed E-state index contributed by atoms with van der Waals surface area (Å²) in [5.41, 5.74) is 1.13. The molecule has 0 atom stereocenters. The van der Waals surface area contributed by atoms with Gasteiger partial charge in [0.05, 0.1) is 17.1 Å². The van der Waals surface area contributed by atoms with Gasteiger partial charge in [0.15, 0.2) is 0 Å². The number of hydrogen-bond donors (Lipinski definition) is 0. The van der Waals surface area contributed by atoms with Crippen molar-refractivity contribution in [3.63, 3.8) is 0 Å². The van der Waals surface area contributed by atoms with Crippen molar-refractivity contribution < 1.29 is 12.8 Å². The molecule has 2 aromatic rings. The summed E-state index contributed by atoms with van der Waals surface area (Å²) in [7, 11) is -3.44. The van der Waals surface area contributed by atoms with Crippen molar-refractivity contribution in [3.8, 4) is 0 Å². The molecule has 2 aromatic heterocycles. The number of rotatable bonds is 4. The first kappa shape index (κ1) is 17.0. The molecule has 3 rings (SSSR count). The Balaban J connectivity index is 1.67. The highest BCUT2D eigenvalue weighted by Crippen LogP contribution is 2.28. The molecule has 1 fully saturated rings. The van der Waals surface area contributed by atoms with E-state index in [-0.39, 0.29) is 0 Å². The Bertz CT molecular complexity index is 769. The fraction of sp³-hybridized carbons (Fsp3) is 0.467. The van der Waals surface area contributed by atoms with Crippen LogP contribution in [0.3, 0.4) is 0 Å². The van der Waals surface area contributed by atoms with Crippen LogP contribution in [0.1, 0.15) is 17.7 Å². The largest absolute Gasteiger partial charge is 0.468 e. The van der Waals surface area contributed by atoms with Gasteiger partial charge in [-0.3, -0.25) is 4.90 Å². The third-order valence-corrected chi connectivity index (χ3v) is 7.62. The SMILES string of the molecule is Cc1ccoc1CN1CCCN(S(=O)(=O)c2ccc(Cl)s2)CC1. The molecule has 1 saturated heterocycles. The van der Waals surface area contributed by atoms with Crippen molar-refractivity contribution >= 4 is 33.0 Å². The summed E-state index contributed by atoms with van der Waals surface area (Å²) in [6.07, 6.45) is 2.50. The molecular formula is C15H19ClN2O3S2. The first-order valence-corrected chi connectivity index (χ1v) is 10.1. The van der Waals surface area contributed by atoms with Crippen LogP contribution in [-0.4, -0.2) is 43.8 Å². The maximum absolute atomic E-state index is 12.7. The van der Waals surface area contributed by atoms with Gasteiger partial charge in [-0.15, -0.1) is 11.3 Å². The van der Waals surface area contributed by atoms with E-state index in [0.717, 1.165) is 42.2 Å². The third-order valence-electron chi connectivity index (χ3n) is 4.03. The molecule has 0 aromatic carbocycles. The molecule has 0 radical (unpaired) electrons. The number of halogens is 1. The Hall–Kier alpha value is -0.860. The van der Waals surface area contributed by atoms with Gasteiger partial charge >= 0.3 is 0 Å². The Morgan fingerprint density at radius 3 is 2.70 bits per heavy atom. The smallest absolute Gasteiger partial charge is 0.252 e. The monoisotopic (exact) mass is 374 g/mol. The number of furan rings is 1. The molecule has 3 heterocycles. The zero-order valence-corrected chi connectivity index (χ0v) is 15.3. The molecule has 0 aliphatic carbocycles. The first-order chi connectivity index (χ1) is 11.0. The van der Waals surface area contributed by atoms with Crippen LogP contribution in [0.4, 0.5) is 0 Å². The molecule has 0 spiro atoms. The van der Waals surface area contributed by atoms with Crippen LogP contribution in [0.5, 0.6) is 0 Å². The summed E-state index contributed by atoms with van der Waals surface area (Å²) in [6, 6.07) is 5.16. The molecule has 1 aliphatic rings. The van der Waals surface area contributed by atoms with Crippen molar-refractivity contribution in [2.45, 2.75) is 24.1 Å². The van der Waals surface area contributed by atoms with Crippen LogP contribution in [-0.2, 0) is 16.6 Å². The van der Waals surface area contributed by atoms with Crippen LogP contribution in [0.25, 0.3) is 0 Å². The lowest BCUT2D eigenvalue weighted by atomic mass is 10.2. The maximum Gasteiger partial charge on any atom is 0.252 e. The molecular weight excluding hydrogens is 356 g/mol. The van der Waals surface area contributed by atoms with Crippen LogP contribution in [0.2, 0.25) is 4.34 Å². The van der Waals surface area contributed by atoms with Gasteiger partial charge in [-0.25, -0.2) is 8.42 Å². The van der Waals surface area contributed by atoms with E-state index in [9.17, 15) is 8.42 Å². The molecule has 0 saturated carbocycles. The highest BCUT2D eigenvalue weighted by molar-refractivity contribution is 7.91. The van der Waals surface area contributed by atoms with Crippen LogP contribution < -0.4 is 0 Å². The molecule has 8 heteroatoms. The van der Waals surface area contributed by atoms with Crippen molar-refractivity contribution in [1.82, 2.24) is 9.21 Å². The number of aryl methyl sites for hydroxylation is 1. The van der Waals surface area contributed by atoms with E-state index in [1.54, 1.807) is 22.7 Å². The zero-order chi connectivity index (χ0) is 16.4. The lowest BCUT2D eigenvalue weighted by Gasteiger charge is -2.20. The highest BCUT2D eigenvalue weighted by atomic mass is 35.5. The van der Waals surface area contributed by atoms with Crippen LogP contribution in [0.15, 0.2) is 33.1 Å². The van der Waals surface area contributed by atoms with Gasteiger partial charge in [-0.1, -0.05) is 11.6 Å². The first-order valence-electron chi connectivity index (χ1n) is 7.47. The van der Waals surface area contributed by atoms with Crippen LogP contribution >= 0.6 is 22.9 Å². The quantitative estimate of drug-likeness (QED) is 0.824. The average Bonchev–Trinajstić information content (AvgIpc) is 3.03. The van der Waals surface area contributed by atoms with Gasteiger partial charge in [0.25, 0.3) is 10.0 Å². The molecule has 0 N–H and O–H groups in total. The second-order valence-electron chi connectivity index (χ2n) is 5.62. The Morgan fingerprint density at radius 1 is 1.22 bits per heavy atom. The third kappa shape index (κ3) is 3.80. The molecule has 0 amide bonds. The highest BCUT2D eigenvalue weighted by Gasteiger charge is 2.28. The lowest BCUT2D eigenvalue weighted by molar-refractivity contribution is 0.254. The van der Waals surface area contributed by atoms with E-state index in [1.807, 2.05) is 13.0 Å². The van der Waals surface area contributed by atoms with Gasteiger partial charge in [0.1, 0.15) is 9.97 Å². The summed E-state index contributed by atoms with van der Waals surface area (Å²) in [4.78, 5) is 2.24. The summed E-state index contributed by atoms with van der Waals surface area (Å²) >= 11 is 6.98. The van der Waals surface area contributed by atoms with Crippen LogP contribution in [0, 0.1) is 6.92 Å². The van der Waals surface area contributed by atoms with E-state index < -0.39 is 10.0 Å². The zero-order valence-electron chi connectivity index (χ0n) is 12.9. The molecule has 1 aliphatic heterocycles. The molecule has 23 heavy (non-hydrogen) atoms. The Kier molecular flexibility index (Phi) is 5.13. The predicted octanol–water partition coefficient (Wildman–Crippen LogP) is 3.20. The average molecular weight is 375 g/mol. The number of thiophene rings is 1. The van der Waals surface area contributed by atoms with Gasteiger partial charge in [0.2, 0.25) is 0 Å². The van der Waals surface area contributed by atoms with E-state index >= 15 is 0 Å². The van der Waals surface area contributed by atoms with Crippen molar-refractivity contribution in [2.24, 2.45) is 0 Å². The minimum absolute atomic E-state index is 0.317. The molecule has 5 nitrogen and oxygen atoms in total. The number of hydrogen-bond acceptors (Lipinski definition) is 5. The second kappa shape index (κ2) is 6.94. The second-order valence-corrected chi connectivity index (χ2v) is 9.50. The molecule has 126 valence electrons. The summed E-state index contributed by atoms with van der Waals surface area (Å²) in [5, 5.41) is 0. The standard InChI is InChI=1S/C15H19ClN2O3S2/c1-12-5-10-21-13(12)11-17-6-2-7-18(9-8-17)23(19,20)15-4-3-14(16)22-15/h3-5,10H,2,6-9,11H2,1H3. The van der Waals surface area contributed by atoms with E-state index in [1.165, 1.54) is 0 Å². The minimum atomic E-state index is -3.44. The van der Waals surface area contributed by atoms with Crippen molar-refractivity contribution in [2.75, 3.05) is 26.2 Å². The molecule has 0 bridgehead atoms. The van der Waals surface area contributed by atoms with Gasteiger partial charge in [-0.2, -0.15) is 4.31 Å². The lowest BCUT2D eigenvalue weighted by Crippen LogP contribution is -2.34. The summed E-state index contributed by atoms with van der Waals surface area (Å²) in [5.74, 6) is 0.950. The van der Waals surface area contributed by atoms with E-state index in [4.69, 9.17) is 16.0 Å². The minimum Gasteiger partial charge on any atom is -0.468 e. The summed E-state index contributed by atoms with van der Waals surface area (Å²) in [6.45, 7) is 5.31. The van der Waals surface area contributed by atoms with Gasteiger partial charge in [-0.05, 0) is 43.7 Å². The normalized spacial score (nSPS) is 18.2. The van der Waals surface area contributed by atoms with E-state index in [2.05, 4.69) is 4.90 Å². The van der Waals surface area contributed by atoms with Gasteiger partial charge in [0, 0.05) is 19.6 Å². The van der Waals surface area contributed by atoms with Crippen molar-refractivity contribution in [1.29, 1.82) is 0 Å². The fourth-order valence-corrected chi connectivity index (χ4v) is 5.79. The number of nitrogens with zero attached hydrogens (tertiary/aromatic N) is 2. The van der Waals surface area contributed by atoms with Crippen molar-refractivity contribution in [3.05, 3.63) is 40.1 Å². The maximum atomic E-state index is 12.7. The Labute approximate surface area is 145 Å². The van der Waals surface area contributed by atoms with E-state index in [0.29, 0.717) is 28.2 Å². The summed E-state index contributed by atoms with van der Waals surface area (Å²) < 4.78 is 33.2. The fourth-order valence-electron chi connectivity index (χ4n) is 2.68. The molecule has 0 unspecified atom stereocenters. The Morgan fingerprint density at radius 2 is 2.04 bits per heavy atom. The topological polar surface area (TPSA) is 53.8 Å².